The van der Waals surface area contributed by atoms with Crippen molar-refractivity contribution in [2.24, 2.45) is 0 Å². The number of hydrogen-bond donors (Lipinski definition) is 0. The molecule has 43 heavy (non-hydrogen) atoms. The Morgan fingerprint density at radius 2 is 1.58 bits per heavy atom. The maximum Gasteiger partial charge on any atom is 1.00 e. The number of methoxy groups -OCH3 is 2. The number of ketones is 1. The average molecular weight is 632 g/mol. The Morgan fingerprint density at radius 1 is 0.930 bits per heavy atom. The van der Waals surface area contributed by atoms with Crippen LogP contribution in [0.5, 0.6) is 23.1 Å². The first-order valence-corrected chi connectivity index (χ1v) is 13.4. The van der Waals surface area contributed by atoms with E-state index in [0.29, 0.717) is 58.5 Å². The molecule has 0 spiro atoms. The van der Waals surface area contributed by atoms with Crippen molar-refractivity contribution in [3.63, 3.8) is 0 Å². The average Bonchev–Trinajstić information content (AvgIpc) is 3.56. The molecule has 1 N–H and O–H groups in total. The van der Waals surface area contributed by atoms with E-state index in [2.05, 4.69) is 4.98 Å². The number of pyridine rings is 1. The van der Waals surface area contributed by atoms with Crippen molar-refractivity contribution >= 4 is 45.5 Å². The summed E-state index contributed by atoms with van der Waals surface area (Å²) in [6.07, 6.45) is 2.02. The maximum atomic E-state index is 12.3. The molecule has 1 aliphatic heterocycles. The van der Waals surface area contributed by atoms with Crippen LogP contribution in [-0.4, -0.2) is 66.7 Å². The quantitative estimate of drug-likeness (QED) is 0.0703. The van der Waals surface area contributed by atoms with E-state index in [0.717, 1.165) is 22.5 Å². The Kier molecular flexibility index (Phi) is 16.7. The van der Waals surface area contributed by atoms with Gasteiger partial charge in [-0.2, -0.15) is 4.98 Å². The Labute approximate surface area is 296 Å². The van der Waals surface area contributed by atoms with Crippen LogP contribution in [0.4, 0.5) is 0 Å². The fourth-order valence-electron chi connectivity index (χ4n) is 4.24. The van der Waals surface area contributed by atoms with Gasteiger partial charge in [-0.1, -0.05) is 0 Å². The second-order valence-electron chi connectivity index (χ2n) is 9.01. The topological polar surface area (TPSA) is 174 Å². The van der Waals surface area contributed by atoms with Crippen LogP contribution >= 0.6 is 11.3 Å². The Hall–Kier alpha value is -2.23. The minimum Gasteiger partial charge on any atom is -0.870 e. The number of nitrogens with zero attached hydrogens (tertiary/aromatic N) is 2. The third-order valence-corrected chi connectivity index (χ3v) is 7.36. The van der Waals surface area contributed by atoms with Gasteiger partial charge in [-0.05, 0) is 41.8 Å². The molecule has 1 amide bonds. The molecular formula is C28H29N2Na2O10S-. The van der Waals surface area contributed by atoms with E-state index in [1.165, 1.54) is 7.11 Å². The molecule has 0 fully saturated rings. The molecule has 0 unspecified atom stereocenters. The number of amides is 1. The summed E-state index contributed by atoms with van der Waals surface area (Å²) in [5, 5.41) is 11.4. The van der Waals surface area contributed by atoms with Gasteiger partial charge in [-0.15, -0.1) is 17.8 Å². The summed E-state index contributed by atoms with van der Waals surface area (Å²) in [5.74, 6) is 0.149. The Morgan fingerprint density at radius 3 is 2.21 bits per heavy atom. The van der Waals surface area contributed by atoms with Crippen molar-refractivity contribution in [2.45, 2.75) is 45.2 Å². The number of benzene rings is 1. The zero-order valence-electron chi connectivity index (χ0n) is 24.6. The number of carboxylic acid groups (broad SMARTS) is 1. The van der Waals surface area contributed by atoms with Crippen LogP contribution < -0.4 is 83.2 Å². The van der Waals surface area contributed by atoms with Crippen LogP contribution in [0.1, 0.15) is 52.9 Å². The molecule has 0 saturated carbocycles. The van der Waals surface area contributed by atoms with Gasteiger partial charge in [0, 0.05) is 43.7 Å². The predicted molar refractivity (Wildman–Crippen MR) is 144 cm³/mol. The number of aromatic nitrogens is 1. The number of aliphatic carboxylic acids is 1. The van der Waals surface area contributed by atoms with Gasteiger partial charge in [0.25, 0.3) is 5.88 Å². The van der Waals surface area contributed by atoms with Gasteiger partial charge in [-0.3, -0.25) is 15.9 Å². The molecule has 3 heterocycles. The van der Waals surface area contributed by atoms with Gasteiger partial charge in [0.1, 0.15) is 4.83 Å². The van der Waals surface area contributed by atoms with Gasteiger partial charge in [0.15, 0.2) is 23.0 Å². The number of Topliss-reactive ketones (excluding diaryl/α,β-unsaturated/α-hetero) is 1. The monoisotopic (exact) mass is 631 g/mol. The summed E-state index contributed by atoms with van der Waals surface area (Å²) < 4.78 is 22.7. The molecule has 0 aliphatic carbocycles. The minimum absolute atomic E-state index is 0. The van der Waals surface area contributed by atoms with Gasteiger partial charge < -0.3 is 44.0 Å². The second kappa shape index (κ2) is 18.5. The zero-order chi connectivity index (χ0) is 28.6. The van der Waals surface area contributed by atoms with E-state index in [-0.39, 0.29) is 114 Å². The fourth-order valence-corrected chi connectivity index (χ4v) is 5.22. The van der Waals surface area contributed by atoms with Crippen LogP contribution in [0.15, 0.2) is 24.3 Å². The molecule has 0 bridgehead atoms. The van der Waals surface area contributed by atoms with Crippen molar-refractivity contribution in [1.29, 1.82) is 0 Å². The first-order valence-electron chi connectivity index (χ1n) is 12.6. The van der Waals surface area contributed by atoms with E-state index in [4.69, 9.17) is 18.9 Å². The molecule has 1 aliphatic rings. The molecule has 220 valence electrons. The van der Waals surface area contributed by atoms with E-state index in [1.807, 2.05) is 12.1 Å². The molecule has 15 heteroatoms. The summed E-state index contributed by atoms with van der Waals surface area (Å²) in [7, 11) is 3.04. The molecule has 0 atom stereocenters. The number of rotatable bonds is 15. The van der Waals surface area contributed by atoms with E-state index < -0.39 is 5.97 Å². The first-order chi connectivity index (χ1) is 19.3. The molecule has 1 aromatic carbocycles. The van der Waals surface area contributed by atoms with E-state index in [9.17, 15) is 24.3 Å². The normalized spacial score (nSPS) is 11.3. The van der Waals surface area contributed by atoms with E-state index in [1.54, 1.807) is 30.4 Å². The number of carbonyl (C=O) groups is 3. The van der Waals surface area contributed by atoms with Crippen molar-refractivity contribution < 1.29 is 108 Å². The number of ether oxygens (including phenoxy) is 4. The van der Waals surface area contributed by atoms with Crippen LogP contribution in [-0.2, 0) is 27.5 Å². The molecule has 4 rings (SSSR count). The van der Waals surface area contributed by atoms with Crippen molar-refractivity contribution in [1.82, 2.24) is 9.88 Å². The third kappa shape index (κ3) is 10.1. The number of carboxylic acids is 1. The van der Waals surface area contributed by atoms with Crippen molar-refractivity contribution in [3.8, 4) is 23.1 Å². The fraction of sp³-hybridized carbons (Fsp3) is 0.393. The van der Waals surface area contributed by atoms with Crippen LogP contribution in [0.2, 0.25) is 0 Å². The summed E-state index contributed by atoms with van der Waals surface area (Å²) in [6.45, 7) is 1.50. The number of carbonyl (C=O) groups excluding carboxylic acids is 4. The number of fused-ring (bicyclic) bond motifs is 2. The molecule has 3 aromatic rings. The number of hydrogen-bond acceptors (Lipinski definition) is 12. The van der Waals surface area contributed by atoms with Gasteiger partial charge in [0.2, 0.25) is 5.91 Å². The summed E-state index contributed by atoms with van der Waals surface area (Å²) in [4.78, 5) is 52.9. The largest absolute Gasteiger partial charge is 1.00 e. The van der Waals surface area contributed by atoms with Gasteiger partial charge in [-0.25, -0.2) is 0 Å². The Bertz CT molecular complexity index is 1430. The maximum absolute atomic E-state index is 12.3. The molecule has 12 nitrogen and oxygen atoms in total. The SMILES string of the molecule is COc1cc2c(cc1OCCCOc1nc3sc(C(=O)CCC(=O)[O-])cc3cc1OC)CN(C(=O)CC[C-]=O)C2.[Na+].[Na+].[OH-]. The second-order valence-corrected chi connectivity index (χ2v) is 10.0. The van der Waals surface area contributed by atoms with Crippen LogP contribution in [0.25, 0.3) is 10.2 Å². The van der Waals surface area contributed by atoms with Gasteiger partial charge in [0.05, 0.1) is 32.3 Å². The molecule has 0 saturated heterocycles. The summed E-state index contributed by atoms with van der Waals surface area (Å²) in [6, 6.07) is 7.12. The van der Waals surface area contributed by atoms with Crippen LogP contribution in [0.3, 0.4) is 0 Å². The minimum atomic E-state index is -1.27. The van der Waals surface area contributed by atoms with Crippen molar-refractivity contribution in [3.05, 3.63) is 40.3 Å². The van der Waals surface area contributed by atoms with E-state index >= 15 is 0 Å². The number of thiophene rings is 1. The molecular weight excluding hydrogens is 602 g/mol. The van der Waals surface area contributed by atoms with Gasteiger partial charge >= 0.3 is 59.1 Å². The Balaban J connectivity index is 0.00000308. The van der Waals surface area contributed by atoms with Crippen LogP contribution in [0, 0.1) is 0 Å². The smallest absolute Gasteiger partial charge is 0.870 e. The summed E-state index contributed by atoms with van der Waals surface area (Å²) >= 11 is 1.16. The zero-order valence-corrected chi connectivity index (χ0v) is 29.4. The summed E-state index contributed by atoms with van der Waals surface area (Å²) in [5.41, 5.74) is 1.94. The predicted octanol–water partition coefficient (Wildman–Crippen LogP) is -3.56. The third-order valence-electron chi connectivity index (χ3n) is 6.28. The molecule has 2 aromatic heterocycles. The van der Waals surface area contributed by atoms with Crippen molar-refractivity contribution in [2.75, 3.05) is 27.4 Å². The molecule has 0 radical (unpaired) electrons. The first kappa shape index (κ1) is 38.8. The standard InChI is InChI=1S/C28H29N2O9S.2Na.H2O/c1-36-21-12-18-15-30(25(33)5-3-8-31)16-19(18)13-22(21)38-9-4-10-39-27-23(37-2)11-17-14-24(40-28(17)29-27)20(32)6-7-26(34)35;;;/h11-14H,3-7,9-10,15-16H2,1-2H3,(H,34,35);;;1H2/q-1;2*+1;/p-2.